The van der Waals surface area contributed by atoms with Crippen LogP contribution in [0.2, 0.25) is 5.02 Å². The normalized spacial score (nSPS) is 13.9. The Labute approximate surface area is 231 Å². The van der Waals surface area contributed by atoms with E-state index in [0.29, 0.717) is 38.9 Å². The molecular weight excluding hydrogens is 485 g/mol. The Balaban J connectivity index is 0.00000216. The summed E-state index contributed by atoms with van der Waals surface area (Å²) < 4.78 is 0. The molecule has 34 heavy (non-hydrogen) atoms. The summed E-state index contributed by atoms with van der Waals surface area (Å²) >= 11 is 7.46. The summed E-state index contributed by atoms with van der Waals surface area (Å²) in [7, 11) is 0. The number of rotatable bonds is 7. The van der Waals surface area contributed by atoms with Gasteiger partial charge in [0.2, 0.25) is 0 Å². The molecule has 0 saturated carbocycles. The van der Waals surface area contributed by atoms with Gasteiger partial charge in [0.25, 0.3) is 5.91 Å². The van der Waals surface area contributed by atoms with Gasteiger partial charge in [0, 0.05) is 38.8 Å². The van der Waals surface area contributed by atoms with Gasteiger partial charge in [-0.2, -0.15) is 0 Å². The van der Waals surface area contributed by atoms with E-state index in [1.54, 1.807) is 6.07 Å². The molecule has 1 fully saturated rings. The van der Waals surface area contributed by atoms with Gasteiger partial charge >= 0.3 is 29.6 Å². The molecule has 0 bridgehead atoms. The van der Waals surface area contributed by atoms with Crippen molar-refractivity contribution in [1.29, 1.82) is 0 Å². The largest absolute Gasteiger partial charge is 1.00 e. The maximum Gasteiger partial charge on any atom is 1.00 e. The number of carbonyl (C=O) groups is 1. The van der Waals surface area contributed by atoms with Gasteiger partial charge in [-0.15, -0.1) is 0 Å². The van der Waals surface area contributed by atoms with Crippen molar-refractivity contribution in [3.05, 3.63) is 51.7 Å². The van der Waals surface area contributed by atoms with E-state index in [1.807, 2.05) is 32.0 Å². The third kappa shape index (κ3) is 6.66. The van der Waals surface area contributed by atoms with Crippen molar-refractivity contribution in [1.82, 2.24) is 19.9 Å². The number of nitrogens with zero attached hydrogens (tertiary/aromatic N) is 5. The Morgan fingerprint density at radius 2 is 2.00 bits per heavy atom. The molecule has 3 aromatic rings. The second-order valence-electron chi connectivity index (χ2n) is 7.75. The van der Waals surface area contributed by atoms with E-state index in [4.69, 9.17) is 16.7 Å². The van der Waals surface area contributed by atoms with Crippen molar-refractivity contribution in [3.8, 4) is 0 Å². The molecule has 176 valence electrons. The minimum Gasteiger partial charge on any atom is -1.00 e. The number of hydrogen-bond donors (Lipinski definition) is 3. The van der Waals surface area contributed by atoms with Gasteiger partial charge in [0.15, 0.2) is 5.13 Å². The predicted octanol–water partition coefficient (Wildman–Crippen LogP) is 0.430. The molecule has 9 nitrogen and oxygen atoms in total. The first-order chi connectivity index (χ1) is 15.9. The fraction of sp³-hybridized carbons (Fsp3) is 0.364. The smallest absolute Gasteiger partial charge is 1.00 e. The number of hydrogen-bond acceptors (Lipinski definition) is 9. The number of piperazine rings is 1. The number of para-hydroxylation sites is 1. The maximum atomic E-state index is 12.7. The number of aryl methyl sites for hydroxylation is 2. The first kappa shape index (κ1) is 26.8. The number of aliphatic hydroxyl groups is 1. The summed E-state index contributed by atoms with van der Waals surface area (Å²) in [4.78, 5) is 31.0. The zero-order valence-electron chi connectivity index (χ0n) is 20.5. The van der Waals surface area contributed by atoms with Crippen molar-refractivity contribution in [3.63, 3.8) is 0 Å². The predicted molar refractivity (Wildman–Crippen MR) is 133 cm³/mol. The number of aromatic nitrogens is 3. The van der Waals surface area contributed by atoms with Crippen molar-refractivity contribution in [2.24, 2.45) is 0 Å². The molecule has 0 unspecified atom stereocenters. The molecule has 12 heteroatoms. The van der Waals surface area contributed by atoms with Crippen LogP contribution in [0.25, 0.3) is 0 Å². The third-order valence-electron chi connectivity index (χ3n) is 5.36. The van der Waals surface area contributed by atoms with Crippen LogP contribution in [-0.2, 0) is 0 Å². The van der Waals surface area contributed by atoms with Crippen LogP contribution in [0.15, 0.2) is 30.5 Å². The molecule has 3 N–H and O–H groups in total. The topological polar surface area (TPSA) is 107 Å². The fourth-order valence-corrected chi connectivity index (χ4v) is 4.62. The molecular formula is C22H27ClN7NaO2S. The number of β-amino-alcohol motifs (C(OH)–C–C–N with tert-alkyl or cyclic N) is 1. The Bertz CT molecular complexity index is 1120. The summed E-state index contributed by atoms with van der Waals surface area (Å²) in [6.07, 6.45) is 1.53. The summed E-state index contributed by atoms with van der Waals surface area (Å²) in [5, 5.41) is 16.2. The Hall–Kier alpha value is -1.79. The van der Waals surface area contributed by atoms with E-state index in [1.165, 1.54) is 17.5 Å². The van der Waals surface area contributed by atoms with Gasteiger partial charge in [0.1, 0.15) is 22.3 Å². The second kappa shape index (κ2) is 12.3. The summed E-state index contributed by atoms with van der Waals surface area (Å²) in [5.41, 5.74) is 1.49. The summed E-state index contributed by atoms with van der Waals surface area (Å²) in [6, 6.07) is 7.37. The standard InChI is InChI=1S/C22H26ClN7O2S.Na.H/c1-14-4-3-5-16(23)20(14)28-21(32)17-13-24-22(33-17)27-18-12-19(26-15(2)25-18)30-8-6-29(7-9-30)10-11-31;;/h3-5,12-13,31H,6-11H2,1-2H3,(H,28,32)(H,24,25,26,27);;/q;+1;-1. The maximum absolute atomic E-state index is 12.7. The number of aliphatic hydroxyl groups excluding tert-OH is 1. The van der Waals surface area contributed by atoms with Gasteiger partial charge in [-0.3, -0.25) is 9.69 Å². The average molecular weight is 512 g/mol. The number of halogens is 1. The third-order valence-corrected chi connectivity index (χ3v) is 6.59. The minimum atomic E-state index is -0.267. The number of benzene rings is 1. The first-order valence-corrected chi connectivity index (χ1v) is 11.9. The van der Waals surface area contributed by atoms with E-state index in [0.717, 1.165) is 37.6 Å². The average Bonchev–Trinajstić information content (AvgIpc) is 3.25. The van der Waals surface area contributed by atoms with Crippen LogP contribution in [0.1, 0.15) is 22.5 Å². The number of carbonyl (C=O) groups excluding carboxylic acids is 1. The van der Waals surface area contributed by atoms with Gasteiger partial charge in [-0.1, -0.05) is 35.1 Å². The number of nitrogens with one attached hydrogen (secondary N) is 2. The van der Waals surface area contributed by atoms with Crippen molar-refractivity contribution < 1.29 is 40.9 Å². The van der Waals surface area contributed by atoms with Crippen LogP contribution >= 0.6 is 22.9 Å². The van der Waals surface area contributed by atoms with Crippen LogP contribution in [0.5, 0.6) is 0 Å². The molecule has 2 aromatic heterocycles. The van der Waals surface area contributed by atoms with E-state index in [9.17, 15) is 4.79 Å². The minimum absolute atomic E-state index is 0. The van der Waals surface area contributed by atoms with Crippen molar-refractivity contribution >= 4 is 51.3 Å². The van der Waals surface area contributed by atoms with Gasteiger partial charge < -0.3 is 22.1 Å². The van der Waals surface area contributed by atoms with Crippen LogP contribution in [0.3, 0.4) is 0 Å². The molecule has 1 aliphatic heterocycles. The van der Waals surface area contributed by atoms with Gasteiger partial charge in [0.05, 0.1) is 23.5 Å². The van der Waals surface area contributed by atoms with E-state index < -0.39 is 0 Å². The van der Waals surface area contributed by atoms with E-state index >= 15 is 0 Å². The molecule has 0 spiro atoms. The van der Waals surface area contributed by atoms with Crippen LogP contribution in [0.4, 0.5) is 22.5 Å². The molecule has 0 aliphatic carbocycles. The van der Waals surface area contributed by atoms with Gasteiger partial charge in [-0.25, -0.2) is 15.0 Å². The zero-order chi connectivity index (χ0) is 23.4. The van der Waals surface area contributed by atoms with E-state index in [-0.39, 0.29) is 43.5 Å². The Morgan fingerprint density at radius 1 is 1.24 bits per heavy atom. The molecule has 1 saturated heterocycles. The van der Waals surface area contributed by atoms with Crippen molar-refractivity contribution in [2.75, 3.05) is 54.9 Å². The SMILES string of the molecule is Cc1nc(Nc2ncc(C(=O)Nc3c(C)cccc3Cl)s2)cc(N2CCN(CCO)CC2)n1.[H-].[Na+]. The quantitative estimate of drug-likeness (QED) is 0.392. The number of amides is 1. The molecule has 1 aliphatic rings. The van der Waals surface area contributed by atoms with Crippen LogP contribution in [-0.4, -0.2) is 70.2 Å². The molecule has 4 rings (SSSR count). The monoisotopic (exact) mass is 511 g/mol. The summed E-state index contributed by atoms with van der Waals surface area (Å²) in [5.74, 6) is 1.85. The second-order valence-corrected chi connectivity index (χ2v) is 9.19. The molecule has 1 aromatic carbocycles. The molecule has 3 heterocycles. The zero-order valence-corrected chi connectivity index (χ0v) is 23.1. The fourth-order valence-electron chi connectivity index (χ4n) is 3.63. The number of anilines is 4. The molecule has 0 atom stereocenters. The molecule has 0 radical (unpaired) electrons. The first-order valence-electron chi connectivity index (χ1n) is 10.7. The van der Waals surface area contributed by atoms with E-state index in [2.05, 4.69) is 35.4 Å². The molecule has 1 amide bonds. The van der Waals surface area contributed by atoms with Crippen molar-refractivity contribution in [2.45, 2.75) is 13.8 Å². The number of thiazole rings is 1. The van der Waals surface area contributed by atoms with Crippen LogP contribution < -0.4 is 45.1 Å². The Kier molecular flexibility index (Phi) is 9.66. The summed E-state index contributed by atoms with van der Waals surface area (Å²) in [6.45, 7) is 8.03. The Morgan fingerprint density at radius 3 is 2.71 bits per heavy atom. The van der Waals surface area contributed by atoms with Gasteiger partial charge in [-0.05, 0) is 25.5 Å². The van der Waals surface area contributed by atoms with Crippen LogP contribution in [0, 0.1) is 13.8 Å².